The summed E-state index contributed by atoms with van der Waals surface area (Å²) in [5, 5.41) is 11.4. The van der Waals surface area contributed by atoms with E-state index in [2.05, 4.69) is 20.3 Å². The fourth-order valence-corrected chi connectivity index (χ4v) is 4.71. The molecule has 2 aromatic carbocycles. The highest BCUT2D eigenvalue weighted by molar-refractivity contribution is 7.92. The molecule has 0 fully saturated rings. The van der Waals surface area contributed by atoms with Crippen molar-refractivity contribution in [3.05, 3.63) is 83.5 Å². The van der Waals surface area contributed by atoms with Gasteiger partial charge in [-0.3, -0.25) is 14.2 Å². The summed E-state index contributed by atoms with van der Waals surface area (Å²) in [7, 11) is -2.65. The number of nitrogens with one attached hydrogen (secondary N) is 2. The van der Waals surface area contributed by atoms with Gasteiger partial charge in [0.2, 0.25) is 5.91 Å². The van der Waals surface area contributed by atoms with Crippen LogP contribution in [0.15, 0.2) is 70.4 Å². The summed E-state index contributed by atoms with van der Waals surface area (Å²) in [6.07, 6.45) is 6.51. The zero-order chi connectivity index (χ0) is 25.7. The van der Waals surface area contributed by atoms with Crippen LogP contribution < -0.4 is 10.0 Å². The molecule has 0 spiro atoms. The van der Waals surface area contributed by atoms with Gasteiger partial charge >= 0.3 is 0 Å². The highest BCUT2D eigenvalue weighted by Gasteiger charge is 2.22. The Morgan fingerprint density at radius 1 is 1.25 bits per heavy atom. The van der Waals surface area contributed by atoms with Crippen molar-refractivity contribution < 1.29 is 26.9 Å². The molecular weight excluding hydrogens is 489 g/mol. The van der Waals surface area contributed by atoms with E-state index in [1.54, 1.807) is 37.1 Å². The normalized spacial score (nSPS) is 11.9. The first-order chi connectivity index (χ1) is 17.3. The predicted octanol–water partition coefficient (Wildman–Crippen LogP) is 3.14. The number of halogens is 1. The van der Waals surface area contributed by atoms with Crippen LogP contribution in [-0.2, 0) is 32.6 Å². The smallest absolute Gasteiger partial charge is 0.266 e. The number of amides is 1. The topological polar surface area (TPSA) is 128 Å². The maximum absolute atomic E-state index is 14.0. The van der Waals surface area contributed by atoms with Crippen molar-refractivity contribution in [1.82, 2.24) is 20.3 Å². The van der Waals surface area contributed by atoms with Crippen LogP contribution in [0.25, 0.3) is 11.0 Å². The molecule has 10 nitrogen and oxygen atoms in total. The quantitative estimate of drug-likeness (QED) is 0.312. The molecule has 0 aliphatic heterocycles. The third-order valence-corrected chi connectivity index (χ3v) is 6.59. The first-order valence-corrected chi connectivity index (χ1v) is 12.4. The van der Waals surface area contributed by atoms with Gasteiger partial charge in [0.25, 0.3) is 10.0 Å². The second-order valence-electron chi connectivity index (χ2n) is 7.97. The van der Waals surface area contributed by atoms with Crippen molar-refractivity contribution in [2.45, 2.75) is 24.9 Å². The molecule has 2 N–H and O–H groups in total. The van der Waals surface area contributed by atoms with Crippen molar-refractivity contribution in [3.8, 4) is 0 Å². The zero-order valence-corrected chi connectivity index (χ0v) is 20.4. The van der Waals surface area contributed by atoms with Gasteiger partial charge in [0.1, 0.15) is 10.7 Å². The van der Waals surface area contributed by atoms with E-state index < -0.39 is 20.7 Å². The second-order valence-corrected chi connectivity index (χ2v) is 9.63. The first kappa shape index (κ1) is 25.1. The lowest BCUT2D eigenvalue weighted by molar-refractivity contribution is -0.116. The van der Waals surface area contributed by atoms with Gasteiger partial charge < -0.3 is 14.6 Å². The Hall–Kier alpha value is -4.03. The lowest BCUT2D eigenvalue weighted by atomic mass is 10.1. The SMILES string of the molecule is COC/C=C/C(=O)NCc1cnn(Cc2cc(C)c3c(NS(=O)(=O)c4ccccc4F)noc3c2)c1. The molecule has 0 saturated heterocycles. The number of sulfonamides is 1. The summed E-state index contributed by atoms with van der Waals surface area (Å²) < 4.78 is 53.6. The van der Waals surface area contributed by atoms with Crippen molar-refractivity contribution in [2.75, 3.05) is 18.4 Å². The van der Waals surface area contributed by atoms with Gasteiger partial charge in [0, 0.05) is 31.5 Å². The Balaban J connectivity index is 1.47. The highest BCUT2D eigenvalue weighted by Crippen LogP contribution is 2.30. The van der Waals surface area contributed by atoms with Gasteiger partial charge in [-0.1, -0.05) is 29.4 Å². The number of anilines is 1. The molecule has 0 aliphatic carbocycles. The molecule has 36 heavy (non-hydrogen) atoms. The monoisotopic (exact) mass is 513 g/mol. The van der Waals surface area contributed by atoms with Crippen LogP contribution >= 0.6 is 0 Å². The third kappa shape index (κ3) is 5.78. The summed E-state index contributed by atoms with van der Waals surface area (Å²) in [6.45, 7) is 2.89. The van der Waals surface area contributed by atoms with Gasteiger partial charge in [0.15, 0.2) is 11.4 Å². The second kappa shape index (κ2) is 10.7. The molecule has 2 aromatic heterocycles. The standard InChI is InChI=1S/C24H24FN5O5S/c1-16-10-17(14-30-15-18(13-27-30)12-26-22(31)8-5-9-34-2)11-20-23(16)24(28-35-20)29-36(32,33)21-7-4-3-6-19(21)25/h3-8,10-11,13,15H,9,12,14H2,1-2H3,(H,26,31)(H,28,29)/b8-5+. The van der Waals surface area contributed by atoms with E-state index >= 15 is 0 Å². The average Bonchev–Trinajstić information content (AvgIpc) is 3.45. The summed E-state index contributed by atoms with van der Waals surface area (Å²) in [5.41, 5.74) is 2.77. The predicted molar refractivity (Wildman–Crippen MR) is 130 cm³/mol. The van der Waals surface area contributed by atoms with Crippen LogP contribution in [0.1, 0.15) is 16.7 Å². The molecule has 0 bridgehead atoms. The van der Waals surface area contributed by atoms with Gasteiger partial charge in [-0.2, -0.15) is 5.10 Å². The van der Waals surface area contributed by atoms with E-state index in [-0.39, 0.29) is 11.7 Å². The summed E-state index contributed by atoms with van der Waals surface area (Å²) >= 11 is 0. The number of hydrogen-bond donors (Lipinski definition) is 2. The number of benzene rings is 2. The number of aryl methyl sites for hydroxylation is 1. The van der Waals surface area contributed by atoms with E-state index in [4.69, 9.17) is 9.26 Å². The molecule has 0 atom stereocenters. The summed E-state index contributed by atoms with van der Waals surface area (Å²) in [5.74, 6) is -1.11. The number of aromatic nitrogens is 3. The van der Waals surface area contributed by atoms with E-state index in [1.165, 1.54) is 24.3 Å². The van der Waals surface area contributed by atoms with E-state index in [1.807, 2.05) is 12.3 Å². The number of rotatable bonds is 10. The molecule has 12 heteroatoms. The lowest BCUT2D eigenvalue weighted by Gasteiger charge is -2.08. The number of methoxy groups -OCH3 is 1. The van der Waals surface area contributed by atoms with Gasteiger partial charge in [-0.15, -0.1) is 0 Å². The van der Waals surface area contributed by atoms with Crippen LogP contribution in [0.4, 0.5) is 10.2 Å². The minimum atomic E-state index is -4.20. The molecule has 1 amide bonds. The molecule has 0 radical (unpaired) electrons. The molecular formula is C24H24FN5O5S. The van der Waals surface area contributed by atoms with Crippen LogP contribution in [0.2, 0.25) is 0 Å². The Morgan fingerprint density at radius 2 is 2.06 bits per heavy atom. The van der Waals surface area contributed by atoms with Gasteiger partial charge in [0.05, 0.1) is 24.7 Å². The number of hydrogen-bond acceptors (Lipinski definition) is 7. The number of carbonyl (C=O) groups is 1. The molecule has 0 unspecified atom stereocenters. The minimum Gasteiger partial charge on any atom is -0.381 e. The van der Waals surface area contributed by atoms with E-state index in [0.717, 1.165) is 22.8 Å². The molecule has 4 aromatic rings. The summed E-state index contributed by atoms with van der Waals surface area (Å²) in [6, 6.07) is 8.69. The Bertz CT molecular complexity index is 1530. The van der Waals surface area contributed by atoms with Crippen molar-refractivity contribution in [1.29, 1.82) is 0 Å². The summed E-state index contributed by atoms with van der Waals surface area (Å²) in [4.78, 5) is 11.3. The largest absolute Gasteiger partial charge is 0.381 e. The molecule has 188 valence electrons. The fraction of sp³-hybridized carbons (Fsp3) is 0.208. The van der Waals surface area contributed by atoms with Crippen LogP contribution in [0.5, 0.6) is 0 Å². The number of fused-ring (bicyclic) bond motifs is 1. The third-order valence-electron chi connectivity index (χ3n) is 5.22. The number of carbonyl (C=O) groups excluding carboxylic acids is 1. The van der Waals surface area contributed by atoms with Gasteiger partial charge in [-0.25, -0.2) is 12.8 Å². The van der Waals surface area contributed by atoms with Crippen LogP contribution in [-0.4, -0.2) is 43.0 Å². The first-order valence-electron chi connectivity index (χ1n) is 10.9. The molecule has 0 aliphatic rings. The van der Waals surface area contributed by atoms with E-state index in [0.29, 0.717) is 30.7 Å². The maximum atomic E-state index is 14.0. The molecule has 0 saturated carbocycles. The van der Waals surface area contributed by atoms with Gasteiger partial charge in [-0.05, 0) is 36.2 Å². The van der Waals surface area contributed by atoms with Crippen molar-refractivity contribution in [3.63, 3.8) is 0 Å². The van der Waals surface area contributed by atoms with Crippen LogP contribution in [0, 0.1) is 12.7 Å². The highest BCUT2D eigenvalue weighted by atomic mass is 32.2. The fourth-order valence-electron chi connectivity index (χ4n) is 3.62. The lowest BCUT2D eigenvalue weighted by Crippen LogP contribution is -2.20. The Labute approximate surface area is 206 Å². The number of ether oxygens (including phenoxy) is 1. The Kier molecular flexibility index (Phi) is 7.46. The molecule has 2 heterocycles. The minimum absolute atomic E-state index is 0.0195. The number of nitrogens with zero attached hydrogens (tertiary/aromatic N) is 3. The van der Waals surface area contributed by atoms with Crippen LogP contribution in [0.3, 0.4) is 0 Å². The van der Waals surface area contributed by atoms with E-state index in [9.17, 15) is 17.6 Å². The van der Waals surface area contributed by atoms with Crippen molar-refractivity contribution in [2.24, 2.45) is 0 Å². The van der Waals surface area contributed by atoms with Crippen molar-refractivity contribution >= 4 is 32.7 Å². The maximum Gasteiger partial charge on any atom is 0.266 e. The zero-order valence-electron chi connectivity index (χ0n) is 19.6. The average molecular weight is 514 g/mol. The molecule has 4 rings (SSSR count). The Morgan fingerprint density at radius 3 is 2.83 bits per heavy atom.